The highest BCUT2D eigenvalue weighted by atomic mass is 32.1. The Kier molecular flexibility index (Phi) is 5.02. The van der Waals surface area contributed by atoms with Gasteiger partial charge >= 0.3 is 5.97 Å². The number of aromatic nitrogens is 1. The molecule has 0 N–H and O–H groups in total. The van der Waals surface area contributed by atoms with Gasteiger partial charge in [-0.3, -0.25) is 4.79 Å². The minimum Gasteiger partial charge on any atom is -0.465 e. The lowest BCUT2D eigenvalue weighted by Crippen LogP contribution is -2.30. The number of aryl methyl sites for hydroxylation is 1. The minimum atomic E-state index is -0.148. The smallest absolute Gasteiger partial charge is 0.315 e. The van der Waals surface area contributed by atoms with Crippen molar-refractivity contribution in [2.45, 2.75) is 58.4 Å². The Balaban J connectivity index is 2.18. The van der Waals surface area contributed by atoms with Crippen molar-refractivity contribution in [3.8, 4) is 0 Å². The first-order chi connectivity index (χ1) is 9.62. The molecule has 1 aliphatic rings. The third kappa shape index (κ3) is 2.82. The van der Waals surface area contributed by atoms with Crippen molar-refractivity contribution >= 4 is 22.4 Å². The van der Waals surface area contributed by atoms with Gasteiger partial charge in [-0.05, 0) is 32.6 Å². The number of nitrogens with zero attached hydrogens (tertiary/aromatic N) is 2. The number of hydrogen-bond donors (Lipinski definition) is 0. The molecule has 0 aromatic carbocycles. The van der Waals surface area contributed by atoms with E-state index in [0.29, 0.717) is 12.6 Å². The van der Waals surface area contributed by atoms with E-state index in [0.717, 1.165) is 36.5 Å². The summed E-state index contributed by atoms with van der Waals surface area (Å²) in [7, 11) is 2.10. The molecule has 1 unspecified atom stereocenters. The average Bonchev–Trinajstić information content (AvgIpc) is 2.99. The third-order valence-corrected chi connectivity index (χ3v) is 5.29. The van der Waals surface area contributed by atoms with Gasteiger partial charge in [-0.1, -0.05) is 13.8 Å². The van der Waals surface area contributed by atoms with Crippen LogP contribution in [0.2, 0.25) is 0 Å². The van der Waals surface area contributed by atoms with E-state index in [4.69, 9.17) is 9.72 Å². The van der Waals surface area contributed by atoms with Crippen LogP contribution in [0.25, 0.3) is 0 Å². The first-order valence-electron chi connectivity index (χ1n) is 7.51. The van der Waals surface area contributed by atoms with Gasteiger partial charge in [-0.15, -0.1) is 11.3 Å². The lowest BCUT2D eigenvalue weighted by molar-refractivity contribution is -0.145. The Hall–Kier alpha value is -1.10. The van der Waals surface area contributed by atoms with Gasteiger partial charge in [0.1, 0.15) is 5.92 Å². The second-order valence-corrected chi connectivity index (χ2v) is 6.29. The maximum atomic E-state index is 12.0. The lowest BCUT2D eigenvalue weighted by Gasteiger charge is -2.25. The molecule has 2 rings (SSSR count). The molecule has 1 atom stereocenters. The van der Waals surface area contributed by atoms with Gasteiger partial charge in [-0.2, -0.15) is 0 Å². The molecule has 0 amide bonds. The van der Waals surface area contributed by atoms with E-state index in [-0.39, 0.29) is 11.9 Å². The zero-order chi connectivity index (χ0) is 14.7. The largest absolute Gasteiger partial charge is 0.465 e. The molecule has 1 aliphatic carbocycles. The van der Waals surface area contributed by atoms with E-state index >= 15 is 0 Å². The lowest BCUT2D eigenvalue weighted by atomic mass is 10.1. The fourth-order valence-electron chi connectivity index (χ4n) is 2.83. The third-order valence-electron chi connectivity index (χ3n) is 4.07. The first kappa shape index (κ1) is 15.3. The predicted octanol–water partition coefficient (Wildman–Crippen LogP) is 3.36. The standard InChI is InChI=1S/C15H24N2O2S/c1-5-10(6-2)17(4)15-16-13-11(14(18)19-7-3)8-9-12(13)20-15/h10-11H,5-9H2,1-4H3. The summed E-state index contributed by atoms with van der Waals surface area (Å²) in [5.74, 6) is -0.265. The van der Waals surface area contributed by atoms with Crippen molar-refractivity contribution in [2.75, 3.05) is 18.6 Å². The number of ether oxygens (including phenoxy) is 1. The summed E-state index contributed by atoms with van der Waals surface area (Å²) in [5, 5.41) is 1.04. The van der Waals surface area contributed by atoms with Crippen molar-refractivity contribution < 1.29 is 9.53 Å². The van der Waals surface area contributed by atoms with Gasteiger partial charge < -0.3 is 9.64 Å². The molecule has 0 radical (unpaired) electrons. The number of carbonyl (C=O) groups excluding carboxylic acids is 1. The highest BCUT2D eigenvalue weighted by Gasteiger charge is 2.34. The molecule has 0 saturated carbocycles. The topological polar surface area (TPSA) is 42.4 Å². The summed E-state index contributed by atoms with van der Waals surface area (Å²) >= 11 is 1.74. The molecule has 0 spiro atoms. The van der Waals surface area contributed by atoms with E-state index in [1.54, 1.807) is 11.3 Å². The molecule has 1 aromatic heterocycles. The quantitative estimate of drug-likeness (QED) is 0.755. The van der Waals surface area contributed by atoms with Crippen LogP contribution < -0.4 is 4.90 Å². The number of anilines is 1. The predicted molar refractivity (Wildman–Crippen MR) is 82.6 cm³/mol. The summed E-state index contributed by atoms with van der Waals surface area (Å²) in [6.45, 7) is 6.69. The molecule has 1 aromatic rings. The number of thiazole rings is 1. The highest BCUT2D eigenvalue weighted by molar-refractivity contribution is 7.15. The summed E-state index contributed by atoms with van der Waals surface area (Å²) in [5.41, 5.74) is 0.959. The van der Waals surface area contributed by atoms with Gasteiger partial charge in [0, 0.05) is 18.0 Å². The number of esters is 1. The van der Waals surface area contributed by atoms with Gasteiger partial charge in [0.05, 0.1) is 12.3 Å². The van der Waals surface area contributed by atoms with E-state index < -0.39 is 0 Å². The van der Waals surface area contributed by atoms with Crippen LogP contribution in [0.3, 0.4) is 0 Å². The SMILES string of the molecule is CCOC(=O)C1CCc2sc(N(C)C(CC)CC)nc21. The van der Waals surface area contributed by atoms with Crippen LogP contribution in [0.15, 0.2) is 0 Å². The zero-order valence-corrected chi connectivity index (χ0v) is 13.6. The first-order valence-corrected chi connectivity index (χ1v) is 8.32. The van der Waals surface area contributed by atoms with Gasteiger partial charge in [0.15, 0.2) is 5.13 Å². The Morgan fingerprint density at radius 2 is 2.15 bits per heavy atom. The maximum absolute atomic E-state index is 12.0. The van der Waals surface area contributed by atoms with Crippen molar-refractivity contribution in [2.24, 2.45) is 0 Å². The summed E-state index contributed by atoms with van der Waals surface area (Å²) < 4.78 is 5.15. The van der Waals surface area contributed by atoms with Crippen LogP contribution in [0.4, 0.5) is 5.13 Å². The van der Waals surface area contributed by atoms with Gasteiger partial charge in [-0.25, -0.2) is 4.98 Å². The molecule has 112 valence electrons. The zero-order valence-electron chi connectivity index (χ0n) is 12.8. The number of carbonyl (C=O) groups is 1. The number of hydrogen-bond acceptors (Lipinski definition) is 5. The van der Waals surface area contributed by atoms with Crippen LogP contribution in [-0.2, 0) is 16.0 Å². The number of rotatable bonds is 6. The molecule has 0 saturated heterocycles. The van der Waals surface area contributed by atoms with Crippen LogP contribution >= 0.6 is 11.3 Å². The monoisotopic (exact) mass is 296 g/mol. The molecule has 0 aliphatic heterocycles. The molecule has 1 heterocycles. The Bertz CT molecular complexity index is 468. The van der Waals surface area contributed by atoms with Crippen molar-refractivity contribution in [3.63, 3.8) is 0 Å². The fraction of sp³-hybridized carbons (Fsp3) is 0.733. The van der Waals surface area contributed by atoms with E-state index in [9.17, 15) is 4.79 Å². The Morgan fingerprint density at radius 1 is 1.45 bits per heavy atom. The van der Waals surface area contributed by atoms with Crippen molar-refractivity contribution in [1.82, 2.24) is 4.98 Å². The minimum absolute atomic E-state index is 0.117. The molecule has 0 bridgehead atoms. The highest BCUT2D eigenvalue weighted by Crippen LogP contribution is 2.40. The molecule has 4 nitrogen and oxygen atoms in total. The van der Waals surface area contributed by atoms with E-state index in [2.05, 4.69) is 25.8 Å². The summed E-state index contributed by atoms with van der Waals surface area (Å²) in [6, 6.07) is 0.516. The van der Waals surface area contributed by atoms with Crippen molar-refractivity contribution in [3.05, 3.63) is 10.6 Å². The van der Waals surface area contributed by atoms with Crippen molar-refractivity contribution in [1.29, 1.82) is 0 Å². The summed E-state index contributed by atoms with van der Waals surface area (Å²) in [6.07, 6.45) is 4.02. The normalized spacial score (nSPS) is 17.4. The molecule has 0 fully saturated rings. The van der Waals surface area contributed by atoms with E-state index in [1.807, 2.05) is 6.92 Å². The molecule has 5 heteroatoms. The molecule has 20 heavy (non-hydrogen) atoms. The van der Waals surface area contributed by atoms with Crippen LogP contribution in [0.1, 0.15) is 56.5 Å². The van der Waals surface area contributed by atoms with E-state index in [1.165, 1.54) is 4.88 Å². The second kappa shape index (κ2) is 6.57. The average molecular weight is 296 g/mol. The molecular weight excluding hydrogens is 272 g/mol. The number of fused-ring (bicyclic) bond motifs is 1. The molecular formula is C15H24N2O2S. The fourth-order valence-corrected chi connectivity index (χ4v) is 4.00. The van der Waals surface area contributed by atoms with Crippen LogP contribution in [0, 0.1) is 0 Å². The Morgan fingerprint density at radius 3 is 2.75 bits per heavy atom. The maximum Gasteiger partial charge on any atom is 0.315 e. The van der Waals surface area contributed by atoms with Gasteiger partial charge in [0.25, 0.3) is 0 Å². The van der Waals surface area contributed by atoms with Crippen LogP contribution in [-0.4, -0.2) is 30.6 Å². The summed E-state index contributed by atoms with van der Waals surface area (Å²) in [4.78, 5) is 20.2. The second-order valence-electron chi connectivity index (χ2n) is 5.23. The Labute approximate surface area is 125 Å². The van der Waals surface area contributed by atoms with Crippen LogP contribution in [0.5, 0.6) is 0 Å². The van der Waals surface area contributed by atoms with Gasteiger partial charge in [0.2, 0.25) is 0 Å².